The van der Waals surface area contributed by atoms with Crippen LogP contribution in [0.3, 0.4) is 0 Å². The van der Waals surface area contributed by atoms with Crippen molar-refractivity contribution in [3.8, 4) is 0 Å². The number of rotatable bonds is 1. The molecule has 7 heteroatoms. The molecular weight excluding hydrogens is 308 g/mol. The molecule has 2 aliphatic heterocycles. The van der Waals surface area contributed by atoms with E-state index in [1.54, 1.807) is 0 Å². The van der Waals surface area contributed by atoms with Gasteiger partial charge in [-0.1, -0.05) is 12.5 Å². The predicted octanol–water partition coefficient (Wildman–Crippen LogP) is 3.37. The van der Waals surface area contributed by atoms with Crippen LogP contribution in [0, 0.1) is 23.3 Å². The van der Waals surface area contributed by atoms with Crippen LogP contribution >= 0.6 is 0 Å². The number of fused-ring (bicyclic) bond motifs is 2. The van der Waals surface area contributed by atoms with Gasteiger partial charge in [-0.3, -0.25) is 0 Å². The number of allylic oxidation sites excluding steroid dienone is 1. The molecule has 0 amide bonds. The van der Waals surface area contributed by atoms with E-state index >= 15 is 0 Å². The van der Waals surface area contributed by atoms with E-state index in [0.29, 0.717) is 19.3 Å². The molecule has 114 valence electrons. The number of halogens is 4. The maximum absolute atomic E-state index is 13.8. The molecule has 21 heavy (non-hydrogen) atoms. The summed E-state index contributed by atoms with van der Waals surface area (Å²) in [4.78, 5) is 0. The van der Waals surface area contributed by atoms with Crippen molar-refractivity contribution in [1.82, 2.24) is 0 Å². The van der Waals surface area contributed by atoms with Gasteiger partial charge < -0.3 is 0 Å². The van der Waals surface area contributed by atoms with Crippen molar-refractivity contribution in [3.63, 3.8) is 0 Å². The Hall–Kier alpha value is -1.37. The summed E-state index contributed by atoms with van der Waals surface area (Å²) in [6, 6.07) is 0.148. The van der Waals surface area contributed by atoms with Crippen molar-refractivity contribution in [2.45, 2.75) is 36.2 Å². The van der Waals surface area contributed by atoms with Crippen molar-refractivity contribution in [2.24, 2.45) is 0 Å². The minimum atomic E-state index is -3.36. The van der Waals surface area contributed by atoms with E-state index < -0.39 is 49.2 Å². The summed E-state index contributed by atoms with van der Waals surface area (Å²) in [6.07, 6.45) is 2.60. The van der Waals surface area contributed by atoms with Gasteiger partial charge in [0, 0.05) is 6.07 Å². The summed E-state index contributed by atoms with van der Waals surface area (Å²) in [5.74, 6) is -5.91. The first kappa shape index (κ1) is 14.6. The smallest absolute Gasteiger partial charge is 0.169 e. The molecule has 1 aromatic rings. The molecule has 1 aromatic carbocycles. The fraction of sp³-hybridized carbons (Fsp3) is 0.429. The van der Waals surface area contributed by atoms with E-state index in [4.69, 9.17) is 0 Å². The first-order valence-corrected chi connectivity index (χ1v) is 8.20. The van der Waals surface area contributed by atoms with Crippen LogP contribution < -0.4 is 0 Å². The minimum Gasteiger partial charge on any atom is -0.228 e. The zero-order valence-electron chi connectivity index (χ0n) is 10.9. The van der Waals surface area contributed by atoms with Crippen molar-refractivity contribution >= 4 is 15.4 Å². The summed E-state index contributed by atoms with van der Waals surface area (Å²) >= 11 is 0. The third kappa shape index (κ3) is 2.18. The monoisotopic (exact) mass is 320 g/mol. The van der Waals surface area contributed by atoms with Crippen LogP contribution in [0.4, 0.5) is 17.6 Å². The Kier molecular flexibility index (Phi) is 3.35. The van der Waals surface area contributed by atoms with Crippen LogP contribution in [0.25, 0.3) is 5.57 Å². The predicted molar refractivity (Wildman–Crippen MR) is 69.2 cm³/mol. The average Bonchev–Trinajstić information content (AvgIpc) is 2.37. The average molecular weight is 320 g/mol. The lowest BCUT2D eigenvalue weighted by molar-refractivity contribution is 0.448. The number of hydrogen-bond acceptors (Lipinski definition) is 2. The van der Waals surface area contributed by atoms with Gasteiger partial charge in [0.25, 0.3) is 0 Å². The van der Waals surface area contributed by atoms with Gasteiger partial charge >= 0.3 is 0 Å². The summed E-state index contributed by atoms with van der Waals surface area (Å²) in [5.41, 5.74) is -0.743. The Morgan fingerprint density at radius 1 is 1.00 bits per heavy atom. The lowest BCUT2D eigenvalue weighted by Crippen LogP contribution is -2.38. The highest BCUT2D eigenvalue weighted by Crippen LogP contribution is 2.41. The number of sulfone groups is 1. The van der Waals surface area contributed by atoms with Crippen molar-refractivity contribution < 1.29 is 26.0 Å². The molecule has 2 heterocycles. The normalized spacial score (nSPS) is 27.3. The molecule has 0 aliphatic carbocycles. The van der Waals surface area contributed by atoms with Gasteiger partial charge in [0.05, 0.1) is 16.1 Å². The Bertz CT molecular complexity index is 714. The first-order chi connectivity index (χ1) is 9.82. The van der Waals surface area contributed by atoms with Crippen LogP contribution in [0.2, 0.25) is 0 Å². The first-order valence-electron chi connectivity index (χ1n) is 6.59. The molecule has 0 saturated carbocycles. The van der Waals surface area contributed by atoms with Crippen molar-refractivity contribution in [2.75, 3.05) is 0 Å². The molecule has 0 spiro atoms. The quantitative estimate of drug-likeness (QED) is 0.587. The highest BCUT2D eigenvalue weighted by Gasteiger charge is 2.41. The molecule has 2 bridgehead atoms. The highest BCUT2D eigenvalue weighted by atomic mass is 32.2. The summed E-state index contributed by atoms with van der Waals surface area (Å²) in [6.45, 7) is 0. The van der Waals surface area contributed by atoms with E-state index in [1.165, 1.54) is 6.08 Å². The van der Waals surface area contributed by atoms with E-state index in [1.807, 2.05) is 0 Å². The fourth-order valence-corrected chi connectivity index (χ4v) is 5.35. The lowest BCUT2D eigenvalue weighted by atomic mass is 9.92. The van der Waals surface area contributed by atoms with Crippen LogP contribution in [0.1, 0.15) is 31.2 Å². The Morgan fingerprint density at radius 3 is 2.19 bits per heavy atom. The highest BCUT2D eigenvalue weighted by molar-refractivity contribution is 7.93. The lowest BCUT2D eigenvalue weighted by Gasteiger charge is -2.33. The van der Waals surface area contributed by atoms with Gasteiger partial charge in [0.1, 0.15) is 0 Å². The Morgan fingerprint density at radius 2 is 1.62 bits per heavy atom. The zero-order valence-corrected chi connectivity index (χ0v) is 11.7. The third-order valence-corrected chi connectivity index (χ3v) is 6.72. The van der Waals surface area contributed by atoms with Gasteiger partial charge in [-0.15, -0.1) is 0 Å². The second-order valence-electron chi connectivity index (χ2n) is 5.42. The minimum absolute atomic E-state index is 0.0351. The molecule has 0 radical (unpaired) electrons. The topological polar surface area (TPSA) is 34.1 Å². The second-order valence-corrected chi connectivity index (χ2v) is 7.87. The number of hydrogen-bond donors (Lipinski definition) is 0. The van der Waals surface area contributed by atoms with E-state index in [-0.39, 0.29) is 18.1 Å². The zero-order chi connectivity index (χ0) is 15.4. The molecule has 1 saturated heterocycles. The standard InChI is InChI=1S/C14H12F4O2S/c15-10-6-11(16)14(18)12(13(10)17)7-4-8-2-1-3-9(5-7)21(8,19)20/h4,6,8-9H,1-3,5H2. The fourth-order valence-electron chi connectivity index (χ4n) is 3.10. The van der Waals surface area contributed by atoms with Crippen molar-refractivity contribution in [1.29, 1.82) is 0 Å². The second kappa shape index (κ2) is 4.83. The maximum atomic E-state index is 13.8. The molecule has 2 atom stereocenters. The van der Waals surface area contributed by atoms with Crippen LogP contribution in [-0.2, 0) is 9.84 Å². The molecule has 3 rings (SSSR count). The van der Waals surface area contributed by atoms with Gasteiger partial charge in [-0.25, -0.2) is 26.0 Å². The Labute approximate surface area is 119 Å². The summed E-state index contributed by atoms with van der Waals surface area (Å²) in [5, 5.41) is -1.56. The molecule has 0 aromatic heterocycles. The van der Waals surface area contributed by atoms with Gasteiger partial charge in [0.2, 0.25) is 0 Å². The van der Waals surface area contributed by atoms with Crippen molar-refractivity contribution in [3.05, 3.63) is 41.0 Å². The molecule has 2 unspecified atom stereocenters. The van der Waals surface area contributed by atoms with E-state index in [2.05, 4.69) is 0 Å². The summed E-state index contributed by atoms with van der Waals surface area (Å²) in [7, 11) is -3.36. The molecule has 1 fully saturated rings. The maximum Gasteiger partial charge on any atom is 0.169 e. The molecule has 0 N–H and O–H groups in total. The van der Waals surface area contributed by atoms with Gasteiger partial charge in [0.15, 0.2) is 33.1 Å². The van der Waals surface area contributed by atoms with Crippen LogP contribution in [0.15, 0.2) is 12.1 Å². The molecular formula is C14H12F4O2S. The van der Waals surface area contributed by atoms with E-state index in [0.717, 1.165) is 0 Å². The van der Waals surface area contributed by atoms with Crippen LogP contribution in [-0.4, -0.2) is 18.9 Å². The molecule has 2 nitrogen and oxygen atoms in total. The van der Waals surface area contributed by atoms with Gasteiger partial charge in [-0.05, 0) is 24.8 Å². The SMILES string of the molecule is O=S1(=O)C2C=C(c3c(F)c(F)cc(F)c3F)CC1CCC2. The van der Waals surface area contributed by atoms with Gasteiger partial charge in [-0.2, -0.15) is 0 Å². The van der Waals surface area contributed by atoms with Crippen LogP contribution in [0.5, 0.6) is 0 Å². The number of benzene rings is 1. The van der Waals surface area contributed by atoms with E-state index in [9.17, 15) is 26.0 Å². The Balaban J connectivity index is 2.17. The molecule has 2 aliphatic rings. The third-order valence-electron chi connectivity index (χ3n) is 4.17. The summed E-state index contributed by atoms with van der Waals surface area (Å²) < 4.78 is 78.4. The largest absolute Gasteiger partial charge is 0.228 e.